The minimum absolute atomic E-state index is 0.0858. The zero-order valence-corrected chi connectivity index (χ0v) is 31.2. The topological polar surface area (TPSA) is 44.8 Å². The first-order chi connectivity index (χ1) is 22.4. The molecule has 4 aromatic rings. The second-order valence-electron chi connectivity index (χ2n) is 15.2. The summed E-state index contributed by atoms with van der Waals surface area (Å²) >= 11 is 0. The van der Waals surface area contributed by atoms with Crippen LogP contribution in [-0.4, -0.2) is 41.9 Å². The Bertz CT molecular complexity index is 1370. The van der Waals surface area contributed by atoms with Crippen molar-refractivity contribution in [3.63, 3.8) is 0 Å². The fraction of sp³-hybridized carbons (Fsp3) is 0.390. The quantitative estimate of drug-likeness (QED) is 0.133. The van der Waals surface area contributed by atoms with Gasteiger partial charge in [0.15, 0.2) is 0 Å². The van der Waals surface area contributed by atoms with Gasteiger partial charge in [-0.3, -0.25) is 4.79 Å². The average molecular weight is 665 g/mol. The van der Waals surface area contributed by atoms with Crippen molar-refractivity contribution < 1.29 is 18.4 Å². The second-order valence-corrected chi connectivity index (χ2v) is 23.7. The van der Waals surface area contributed by atoms with E-state index in [0.29, 0.717) is 6.42 Å². The van der Waals surface area contributed by atoms with Crippen LogP contribution in [0.3, 0.4) is 0 Å². The molecule has 0 amide bonds. The fourth-order valence-corrected chi connectivity index (χ4v) is 17.3. The zero-order chi connectivity index (χ0) is 33.7. The van der Waals surface area contributed by atoms with Crippen LogP contribution < -0.4 is 20.7 Å². The Morgan fingerprint density at radius 3 is 1.11 bits per heavy atom. The summed E-state index contributed by atoms with van der Waals surface area (Å²) in [7, 11) is -4.17. The number of hydrogen-bond donors (Lipinski definition) is 0. The van der Waals surface area contributed by atoms with Gasteiger partial charge in [-0.2, -0.15) is 0 Å². The first-order valence-corrected chi connectivity index (χ1v) is 20.9. The molecule has 4 aromatic carbocycles. The van der Waals surface area contributed by atoms with Gasteiger partial charge in [0.25, 0.3) is 16.6 Å². The van der Waals surface area contributed by atoms with Crippen LogP contribution >= 0.6 is 0 Å². The van der Waals surface area contributed by atoms with E-state index in [4.69, 9.17) is 13.6 Å². The predicted molar refractivity (Wildman–Crippen MR) is 199 cm³/mol. The Balaban J connectivity index is 1.62. The van der Waals surface area contributed by atoms with Crippen LogP contribution in [0.5, 0.6) is 0 Å². The molecule has 248 valence electrons. The van der Waals surface area contributed by atoms with Crippen LogP contribution in [0.2, 0.25) is 10.1 Å². The van der Waals surface area contributed by atoms with E-state index in [0.717, 1.165) is 19.3 Å². The summed E-state index contributed by atoms with van der Waals surface area (Å²) in [6.07, 6.45) is 2.53. The summed E-state index contributed by atoms with van der Waals surface area (Å²) in [5.41, 5.74) is 0. The first kappa shape index (κ1) is 35.0. The number of esters is 1. The van der Waals surface area contributed by atoms with Gasteiger partial charge in [-0.1, -0.05) is 163 Å². The smallest absolute Gasteiger partial charge is 0.305 e. The molecule has 0 heterocycles. The summed E-state index contributed by atoms with van der Waals surface area (Å²) in [5, 5.41) is 4.74. The van der Waals surface area contributed by atoms with Crippen molar-refractivity contribution in [3.8, 4) is 0 Å². The van der Waals surface area contributed by atoms with Crippen molar-refractivity contribution in [2.75, 3.05) is 7.11 Å². The summed E-state index contributed by atoms with van der Waals surface area (Å²) < 4.78 is 20.7. The number of benzene rings is 4. The standard InChI is InChI=1S/C41H52O4Si2/c1-40(2,3)46(35-20-12-8-13-21-35,36-22-14-9-15-23-36)44-33-28-32(30-39(42)43-7)29-34(31-33)45-47(41(4,5)6,37-24-16-10-17-25-37)38-26-18-11-19-27-38/h8-27,32-34H,28-31H2,1-7H3/t33-,34-/m1/s1. The Morgan fingerprint density at radius 2 is 0.851 bits per heavy atom. The molecule has 0 bridgehead atoms. The van der Waals surface area contributed by atoms with Gasteiger partial charge in [-0.25, -0.2) is 0 Å². The van der Waals surface area contributed by atoms with Gasteiger partial charge in [0.05, 0.1) is 7.11 Å². The highest BCUT2D eigenvalue weighted by molar-refractivity contribution is 7.00. The van der Waals surface area contributed by atoms with Gasteiger partial charge >= 0.3 is 5.97 Å². The maximum Gasteiger partial charge on any atom is 0.305 e. The lowest BCUT2D eigenvalue weighted by Crippen LogP contribution is -2.69. The van der Waals surface area contributed by atoms with Crippen LogP contribution in [-0.2, 0) is 18.4 Å². The van der Waals surface area contributed by atoms with Crippen molar-refractivity contribution in [1.29, 1.82) is 0 Å². The van der Waals surface area contributed by atoms with Crippen molar-refractivity contribution in [2.45, 2.75) is 89.5 Å². The Kier molecular flexibility index (Phi) is 10.8. The molecular formula is C41H52O4Si2. The molecule has 1 aliphatic carbocycles. The molecule has 0 spiro atoms. The van der Waals surface area contributed by atoms with E-state index in [1.807, 2.05) is 0 Å². The van der Waals surface area contributed by atoms with Crippen LogP contribution in [0.25, 0.3) is 0 Å². The number of hydrogen-bond acceptors (Lipinski definition) is 4. The molecule has 0 aliphatic heterocycles. The Labute approximate surface area is 284 Å². The number of carbonyl (C=O) groups excluding carboxylic acids is 1. The maximum atomic E-state index is 12.8. The minimum atomic E-state index is -2.83. The lowest BCUT2D eigenvalue weighted by molar-refractivity contribution is -0.142. The van der Waals surface area contributed by atoms with Gasteiger partial charge in [-0.05, 0) is 56.0 Å². The van der Waals surface area contributed by atoms with Crippen LogP contribution in [0.1, 0.15) is 67.2 Å². The van der Waals surface area contributed by atoms with Crippen molar-refractivity contribution in [1.82, 2.24) is 0 Å². The lowest BCUT2D eigenvalue weighted by Gasteiger charge is -2.50. The van der Waals surface area contributed by atoms with Gasteiger partial charge in [0, 0.05) is 18.6 Å². The predicted octanol–water partition coefficient (Wildman–Crippen LogP) is 7.24. The number of carbonyl (C=O) groups is 1. The molecule has 47 heavy (non-hydrogen) atoms. The van der Waals surface area contributed by atoms with E-state index in [2.05, 4.69) is 163 Å². The van der Waals surface area contributed by atoms with Gasteiger partial charge < -0.3 is 13.6 Å². The summed E-state index contributed by atoms with van der Waals surface area (Å²) in [5.74, 6) is -0.0899. The first-order valence-electron chi connectivity index (χ1n) is 17.1. The summed E-state index contributed by atoms with van der Waals surface area (Å²) in [6.45, 7) is 13.9. The van der Waals surface area contributed by atoms with E-state index < -0.39 is 16.6 Å². The third-order valence-electron chi connectivity index (χ3n) is 9.92. The highest BCUT2D eigenvalue weighted by Crippen LogP contribution is 2.43. The Hall–Kier alpha value is -3.30. The average Bonchev–Trinajstić information content (AvgIpc) is 3.06. The monoisotopic (exact) mass is 664 g/mol. The molecule has 0 saturated heterocycles. The molecule has 2 atom stereocenters. The molecule has 1 saturated carbocycles. The summed E-state index contributed by atoms with van der Waals surface area (Å²) in [6, 6.07) is 43.3. The normalized spacial score (nSPS) is 19.3. The minimum Gasteiger partial charge on any atom is -0.469 e. The lowest BCUT2D eigenvalue weighted by atomic mass is 9.83. The number of rotatable bonds is 10. The van der Waals surface area contributed by atoms with E-state index in [1.54, 1.807) is 0 Å². The van der Waals surface area contributed by atoms with Crippen molar-refractivity contribution in [2.24, 2.45) is 5.92 Å². The van der Waals surface area contributed by atoms with Crippen LogP contribution in [0.15, 0.2) is 121 Å². The van der Waals surface area contributed by atoms with E-state index in [-0.39, 0.29) is 34.2 Å². The third-order valence-corrected chi connectivity index (χ3v) is 20.1. The summed E-state index contributed by atoms with van der Waals surface area (Å²) in [4.78, 5) is 12.8. The molecule has 6 heteroatoms. The Morgan fingerprint density at radius 1 is 0.553 bits per heavy atom. The van der Waals surface area contributed by atoms with Gasteiger partial charge in [-0.15, -0.1) is 0 Å². The molecule has 5 rings (SSSR count). The van der Waals surface area contributed by atoms with Crippen molar-refractivity contribution in [3.05, 3.63) is 121 Å². The van der Waals surface area contributed by atoms with Crippen LogP contribution in [0.4, 0.5) is 0 Å². The van der Waals surface area contributed by atoms with E-state index in [1.165, 1.54) is 27.9 Å². The molecule has 0 aromatic heterocycles. The zero-order valence-electron chi connectivity index (χ0n) is 29.2. The van der Waals surface area contributed by atoms with E-state index in [9.17, 15) is 4.79 Å². The number of methoxy groups -OCH3 is 1. The van der Waals surface area contributed by atoms with E-state index >= 15 is 0 Å². The van der Waals surface area contributed by atoms with Crippen LogP contribution in [0, 0.1) is 5.92 Å². The highest BCUT2D eigenvalue weighted by atomic mass is 28.4. The maximum absolute atomic E-state index is 12.8. The third kappa shape index (κ3) is 7.26. The fourth-order valence-electron chi connectivity index (χ4n) is 7.89. The second kappa shape index (κ2) is 14.4. The van der Waals surface area contributed by atoms with Gasteiger partial charge in [0.1, 0.15) is 0 Å². The number of ether oxygens (including phenoxy) is 1. The molecule has 0 radical (unpaired) electrons. The SMILES string of the molecule is COC(=O)CC1C[C@@H](O[Si](c2ccccc2)(c2ccccc2)C(C)(C)C)C[C@H](O[Si](c2ccccc2)(c2ccccc2)C(C)(C)C)C1. The van der Waals surface area contributed by atoms with Gasteiger partial charge in [0.2, 0.25) is 0 Å². The molecule has 0 unspecified atom stereocenters. The molecule has 1 aliphatic rings. The molecule has 0 N–H and O–H groups in total. The molecule has 1 fully saturated rings. The molecular weight excluding hydrogens is 613 g/mol. The largest absolute Gasteiger partial charge is 0.469 e. The highest BCUT2D eigenvalue weighted by Gasteiger charge is 2.55. The molecule has 4 nitrogen and oxygen atoms in total. The van der Waals surface area contributed by atoms with Crippen molar-refractivity contribution >= 4 is 43.4 Å².